The van der Waals surface area contributed by atoms with E-state index >= 15 is 0 Å². The number of benzene rings is 1. The van der Waals surface area contributed by atoms with Crippen LogP contribution in [-0.2, 0) is 16.1 Å². The first kappa shape index (κ1) is 16.9. The number of amides is 2. The smallest absolute Gasteiger partial charge is 0.245 e. The van der Waals surface area contributed by atoms with Crippen LogP contribution in [0.3, 0.4) is 0 Å². The third-order valence-corrected chi connectivity index (χ3v) is 4.75. The van der Waals surface area contributed by atoms with E-state index in [9.17, 15) is 14.0 Å². The highest BCUT2D eigenvalue weighted by atomic mass is 19.1. The summed E-state index contributed by atoms with van der Waals surface area (Å²) in [5.41, 5.74) is 0.593. The highest BCUT2D eigenvalue weighted by Gasteiger charge is 2.46. The van der Waals surface area contributed by atoms with Crippen molar-refractivity contribution in [2.75, 3.05) is 6.54 Å². The Balaban J connectivity index is 1.62. The molecule has 2 N–H and O–H groups in total. The molecule has 2 aliphatic heterocycles. The predicted octanol–water partition coefficient (Wildman–Crippen LogP) is 1.43. The Bertz CT molecular complexity index is 634. The standard InChI is InChI=1S/C18H24FN3O2/c1-11(2)7-15-18(24)22-10-13(8-16(22)17(23)21-15)20-9-12-5-3-4-6-14(12)19/h3-6,11,13,15-16,20H,7-10H2,1-2H3,(H,21,23)/t13-,15+,16-/m0/s1. The molecule has 130 valence electrons. The maximum atomic E-state index is 13.7. The summed E-state index contributed by atoms with van der Waals surface area (Å²) >= 11 is 0. The zero-order chi connectivity index (χ0) is 17.3. The SMILES string of the molecule is CC(C)C[C@H]1NC(=O)[C@@H]2C[C@H](NCc3ccccc3F)CN2C1=O. The average molecular weight is 333 g/mol. The van der Waals surface area contributed by atoms with Crippen LogP contribution in [0.5, 0.6) is 0 Å². The summed E-state index contributed by atoms with van der Waals surface area (Å²) in [4.78, 5) is 26.6. The summed E-state index contributed by atoms with van der Waals surface area (Å²) in [6, 6.07) is 5.81. The van der Waals surface area contributed by atoms with Crippen molar-refractivity contribution in [3.8, 4) is 0 Å². The molecule has 2 saturated heterocycles. The molecule has 2 aliphatic rings. The molecule has 2 fully saturated rings. The maximum Gasteiger partial charge on any atom is 0.245 e. The Kier molecular flexibility index (Phi) is 4.85. The minimum Gasteiger partial charge on any atom is -0.342 e. The van der Waals surface area contributed by atoms with Gasteiger partial charge in [-0.2, -0.15) is 0 Å². The second-order valence-electron chi connectivity index (χ2n) is 7.10. The Morgan fingerprint density at radius 3 is 2.79 bits per heavy atom. The molecule has 2 heterocycles. The molecule has 0 saturated carbocycles. The molecule has 0 unspecified atom stereocenters. The molecule has 3 rings (SSSR count). The lowest BCUT2D eigenvalue weighted by Gasteiger charge is -2.35. The molecular formula is C18H24FN3O2. The maximum absolute atomic E-state index is 13.7. The van der Waals surface area contributed by atoms with Crippen LogP contribution in [0.25, 0.3) is 0 Å². The molecule has 2 amide bonds. The Labute approximate surface area is 141 Å². The van der Waals surface area contributed by atoms with Crippen molar-refractivity contribution in [3.05, 3.63) is 35.6 Å². The first-order chi connectivity index (χ1) is 11.5. The molecule has 3 atom stereocenters. The quantitative estimate of drug-likeness (QED) is 0.857. The first-order valence-corrected chi connectivity index (χ1v) is 8.53. The number of hydrogen-bond acceptors (Lipinski definition) is 3. The molecule has 5 nitrogen and oxygen atoms in total. The van der Waals surface area contributed by atoms with Crippen molar-refractivity contribution in [2.45, 2.75) is 51.4 Å². The molecule has 0 radical (unpaired) electrons. The van der Waals surface area contributed by atoms with Gasteiger partial charge in [-0.3, -0.25) is 9.59 Å². The molecule has 24 heavy (non-hydrogen) atoms. The molecular weight excluding hydrogens is 309 g/mol. The van der Waals surface area contributed by atoms with E-state index in [1.807, 2.05) is 13.8 Å². The number of carbonyl (C=O) groups is 2. The van der Waals surface area contributed by atoms with Gasteiger partial charge >= 0.3 is 0 Å². The van der Waals surface area contributed by atoms with E-state index in [-0.39, 0.29) is 23.7 Å². The van der Waals surface area contributed by atoms with Gasteiger partial charge in [-0.25, -0.2) is 4.39 Å². The first-order valence-electron chi connectivity index (χ1n) is 8.53. The van der Waals surface area contributed by atoms with E-state index in [0.29, 0.717) is 37.4 Å². The Morgan fingerprint density at radius 2 is 2.08 bits per heavy atom. The fourth-order valence-electron chi connectivity index (χ4n) is 3.53. The van der Waals surface area contributed by atoms with Crippen LogP contribution >= 0.6 is 0 Å². The number of nitrogens with one attached hydrogen (secondary N) is 2. The lowest BCUT2D eigenvalue weighted by molar-refractivity contribution is -0.147. The Hall–Kier alpha value is -1.95. The minimum atomic E-state index is -0.418. The molecule has 1 aromatic carbocycles. The van der Waals surface area contributed by atoms with Gasteiger partial charge in [-0.05, 0) is 24.8 Å². The van der Waals surface area contributed by atoms with Gasteiger partial charge in [0, 0.05) is 24.7 Å². The summed E-state index contributed by atoms with van der Waals surface area (Å²) in [6.45, 7) is 4.96. The second kappa shape index (κ2) is 6.89. The largest absolute Gasteiger partial charge is 0.342 e. The summed E-state index contributed by atoms with van der Waals surface area (Å²) in [5.74, 6) is 0.0267. The van der Waals surface area contributed by atoms with Crippen LogP contribution in [-0.4, -0.2) is 41.4 Å². The lowest BCUT2D eigenvalue weighted by atomic mass is 9.99. The van der Waals surface area contributed by atoms with Crippen LogP contribution in [0.2, 0.25) is 0 Å². The number of fused-ring (bicyclic) bond motifs is 1. The molecule has 1 aromatic rings. The van der Waals surface area contributed by atoms with E-state index in [2.05, 4.69) is 10.6 Å². The van der Waals surface area contributed by atoms with Crippen molar-refractivity contribution >= 4 is 11.8 Å². The van der Waals surface area contributed by atoms with Crippen molar-refractivity contribution in [2.24, 2.45) is 5.92 Å². The number of rotatable bonds is 5. The lowest BCUT2D eigenvalue weighted by Crippen LogP contribution is -2.61. The third-order valence-electron chi connectivity index (χ3n) is 4.75. The van der Waals surface area contributed by atoms with Gasteiger partial charge in [-0.15, -0.1) is 0 Å². The molecule has 0 bridgehead atoms. The average Bonchev–Trinajstić information content (AvgIpc) is 2.96. The van der Waals surface area contributed by atoms with E-state index in [1.54, 1.807) is 23.1 Å². The Morgan fingerprint density at radius 1 is 1.33 bits per heavy atom. The van der Waals surface area contributed by atoms with Gasteiger partial charge in [-0.1, -0.05) is 32.0 Å². The molecule has 6 heteroatoms. The molecule has 0 aliphatic carbocycles. The number of halogens is 1. The van der Waals surface area contributed by atoms with Crippen LogP contribution in [0, 0.1) is 11.7 Å². The third kappa shape index (κ3) is 3.43. The number of hydrogen-bond donors (Lipinski definition) is 2. The van der Waals surface area contributed by atoms with E-state index in [1.165, 1.54) is 6.07 Å². The zero-order valence-electron chi connectivity index (χ0n) is 14.1. The van der Waals surface area contributed by atoms with Crippen molar-refractivity contribution < 1.29 is 14.0 Å². The highest BCUT2D eigenvalue weighted by molar-refractivity contribution is 5.97. The van der Waals surface area contributed by atoms with Crippen molar-refractivity contribution in [1.29, 1.82) is 0 Å². The van der Waals surface area contributed by atoms with Crippen LogP contribution in [0.1, 0.15) is 32.3 Å². The van der Waals surface area contributed by atoms with Gasteiger partial charge in [0.1, 0.15) is 17.9 Å². The van der Waals surface area contributed by atoms with Crippen molar-refractivity contribution in [3.63, 3.8) is 0 Å². The van der Waals surface area contributed by atoms with Gasteiger partial charge in [0.05, 0.1) is 0 Å². The minimum absolute atomic E-state index is 0.00195. The van der Waals surface area contributed by atoms with E-state index in [0.717, 1.165) is 0 Å². The van der Waals surface area contributed by atoms with Crippen LogP contribution in [0.15, 0.2) is 24.3 Å². The van der Waals surface area contributed by atoms with Gasteiger partial charge in [0.15, 0.2) is 0 Å². The van der Waals surface area contributed by atoms with Gasteiger partial charge in [0.25, 0.3) is 0 Å². The molecule has 0 aromatic heterocycles. The monoisotopic (exact) mass is 333 g/mol. The summed E-state index contributed by atoms with van der Waals surface area (Å²) in [5, 5.41) is 6.13. The summed E-state index contributed by atoms with van der Waals surface area (Å²) < 4.78 is 13.7. The highest BCUT2D eigenvalue weighted by Crippen LogP contribution is 2.25. The van der Waals surface area contributed by atoms with Crippen molar-refractivity contribution in [1.82, 2.24) is 15.5 Å². The van der Waals surface area contributed by atoms with Crippen LogP contribution < -0.4 is 10.6 Å². The second-order valence-corrected chi connectivity index (χ2v) is 7.10. The van der Waals surface area contributed by atoms with Gasteiger partial charge in [0.2, 0.25) is 11.8 Å². The molecule has 0 spiro atoms. The number of nitrogens with zero attached hydrogens (tertiary/aromatic N) is 1. The summed E-state index contributed by atoms with van der Waals surface area (Å²) in [6.07, 6.45) is 1.22. The fourth-order valence-corrected chi connectivity index (χ4v) is 3.53. The van der Waals surface area contributed by atoms with E-state index in [4.69, 9.17) is 0 Å². The number of piperazine rings is 1. The number of carbonyl (C=O) groups excluding carboxylic acids is 2. The zero-order valence-corrected chi connectivity index (χ0v) is 14.1. The van der Waals surface area contributed by atoms with Crippen LogP contribution in [0.4, 0.5) is 4.39 Å². The van der Waals surface area contributed by atoms with Gasteiger partial charge < -0.3 is 15.5 Å². The fraction of sp³-hybridized carbons (Fsp3) is 0.556. The normalized spacial score (nSPS) is 26.7. The van der Waals surface area contributed by atoms with E-state index < -0.39 is 12.1 Å². The topological polar surface area (TPSA) is 61.4 Å². The summed E-state index contributed by atoms with van der Waals surface area (Å²) in [7, 11) is 0. The predicted molar refractivity (Wildman–Crippen MR) is 88.5 cm³/mol.